The van der Waals surface area contributed by atoms with Crippen molar-refractivity contribution in [3.63, 3.8) is 0 Å². The van der Waals surface area contributed by atoms with Crippen molar-refractivity contribution in [2.24, 2.45) is 0 Å². The molecule has 238 valence electrons. The minimum absolute atomic E-state index is 0.118. The van der Waals surface area contributed by atoms with Gasteiger partial charge in [-0.25, -0.2) is 14.4 Å². The topological polar surface area (TPSA) is 257 Å². The number of nitrogens with one attached hydrogen (secondary N) is 5. The van der Waals surface area contributed by atoms with Gasteiger partial charge in [0.1, 0.15) is 18.1 Å². The summed E-state index contributed by atoms with van der Waals surface area (Å²) in [6.07, 6.45) is 1.59. The molecule has 16 heteroatoms. The lowest BCUT2D eigenvalue weighted by Crippen LogP contribution is -2.45. The van der Waals surface area contributed by atoms with Gasteiger partial charge in [0.25, 0.3) is 0 Å². The van der Waals surface area contributed by atoms with Crippen LogP contribution in [0.5, 0.6) is 0 Å². The van der Waals surface area contributed by atoms with Crippen LogP contribution in [-0.4, -0.2) is 94.0 Å². The largest absolute Gasteiger partial charge is 0.480 e. The Morgan fingerprint density at radius 3 is 1.31 bits per heavy atom. The van der Waals surface area contributed by atoms with E-state index in [1.54, 1.807) is 0 Å². The van der Waals surface area contributed by atoms with E-state index < -0.39 is 72.5 Å². The van der Waals surface area contributed by atoms with Crippen LogP contribution in [0.4, 0.5) is 0 Å². The normalized spacial score (nSPS) is 12.6. The number of hydrogen-bond donors (Lipinski definition) is 8. The zero-order valence-electron chi connectivity index (χ0n) is 24.0. The number of amides is 5. The van der Waals surface area contributed by atoms with E-state index in [1.807, 2.05) is 0 Å². The van der Waals surface area contributed by atoms with Crippen molar-refractivity contribution in [3.8, 4) is 0 Å². The number of carbonyl (C=O) groups is 8. The average molecular weight is 602 g/mol. The molecule has 0 radical (unpaired) electrons. The molecule has 3 atom stereocenters. The Morgan fingerprint density at radius 1 is 0.524 bits per heavy atom. The molecule has 0 aliphatic heterocycles. The Hall–Kier alpha value is -4.24. The summed E-state index contributed by atoms with van der Waals surface area (Å²) >= 11 is 0. The van der Waals surface area contributed by atoms with Gasteiger partial charge in [0.2, 0.25) is 29.5 Å². The molecule has 0 aromatic carbocycles. The molecule has 0 saturated carbocycles. The number of carboxylic acids is 3. The molecule has 0 aromatic heterocycles. The molecule has 0 spiro atoms. The highest BCUT2D eigenvalue weighted by atomic mass is 16.4. The summed E-state index contributed by atoms with van der Waals surface area (Å²) in [6.45, 7) is 3.98. The lowest BCUT2D eigenvalue weighted by Gasteiger charge is -2.17. The number of unbranched alkanes of at least 4 members (excludes halogenated alkanes) is 2. The standard InChI is InChI=1S/C26H43N5O11/c1-3-4-5-14-27-20(33)7-6-15-28-21(34)11-8-18(25(39)40)30-23(36)13-10-19(26(41)42)31-22(35)12-9-17(24(37)38)29-16(2)32/h17-19H,3-15H2,1-2H3,(H,27,33)(H,28,34)(H,29,32)(H,30,36)(H,31,35)(H,37,38)(H,39,40)(H,41,42)/t17-,18-,19-/m0/s1. The summed E-state index contributed by atoms with van der Waals surface area (Å²) in [5, 5.41) is 39.7. The molecule has 0 unspecified atom stereocenters. The molecular weight excluding hydrogens is 558 g/mol. The molecule has 0 aliphatic rings. The third-order valence-corrected chi connectivity index (χ3v) is 5.93. The van der Waals surface area contributed by atoms with Crippen LogP contribution < -0.4 is 26.6 Å². The zero-order valence-corrected chi connectivity index (χ0v) is 24.0. The Morgan fingerprint density at radius 2 is 0.905 bits per heavy atom. The van der Waals surface area contributed by atoms with E-state index in [9.17, 15) is 48.6 Å². The Kier molecular flexibility index (Phi) is 19.3. The van der Waals surface area contributed by atoms with Crippen molar-refractivity contribution in [3.05, 3.63) is 0 Å². The second-order valence-electron chi connectivity index (χ2n) is 9.63. The Balaban J connectivity index is 4.53. The van der Waals surface area contributed by atoms with Crippen molar-refractivity contribution >= 4 is 47.4 Å². The first kappa shape index (κ1) is 37.8. The second kappa shape index (κ2) is 21.5. The first-order chi connectivity index (χ1) is 19.8. The lowest BCUT2D eigenvalue weighted by atomic mass is 10.1. The van der Waals surface area contributed by atoms with Gasteiger partial charge in [-0.15, -0.1) is 0 Å². The van der Waals surface area contributed by atoms with E-state index in [0.29, 0.717) is 13.0 Å². The van der Waals surface area contributed by atoms with Gasteiger partial charge >= 0.3 is 17.9 Å². The molecule has 0 heterocycles. The van der Waals surface area contributed by atoms with Crippen molar-refractivity contribution in [2.45, 2.75) is 103 Å². The number of aliphatic carboxylic acids is 3. The molecule has 0 bridgehead atoms. The predicted molar refractivity (Wildman–Crippen MR) is 147 cm³/mol. The van der Waals surface area contributed by atoms with E-state index in [4.69, 9.17) is 5.11 Å². The van der Waals surface area contributed by atoms with Gasteiger partial charge in [-0.05, 0) is 32.1 Å². The van der Waals surface area contributed by atoms with Gasteiger partial charge in [0, 0.05) is 45.7 Å². The maximum Gasteiger partial charge on any atom is 0.326 e. The number of carbonyl (C=O) groups excluding carboxylic acids is 5. The summed E-state index contributed by atoms with van der Waals surface area (Å²) in [5.74, 6) is -7.06. The average Bonchev–Trinajstić information content (AvgIpc) is 2.90. The maximum absolute atomic E-state index is 12.3. The third kappa shape index (κ3) is 18.9. The number of rotatable bonds is 23. The van der Waals surface area contributed by atoms with Crippen LogP contribution in [0.25, 0.3) is 0 Å². The fourth-order valence-electron chi connectivity index (χ4n) is 3.63. The van der Waals surface area contributed by atoms with Crippen molar-refractivity contribution < 1.29 is 53.7 Å². The summed E-state index contributed by atoms with van der Waals surface area (Å²) < 4.78 is 0. The van der Waals surface area contributed by atoms with E-state index in [2.05, 4.69) is 33.5 Å². The highest BCUT2D eigenvalue weighted by Gasteiger charge is 2.25. The van der Waals surface area contributed by atoms with Crippen LogP contribution in [0.2, 0.25) is 0 Å². The monoisotopic (exact) mass is 601 g/mol. The quantitative estimate of drug-likeness (QED) is 0.0676. The summed E-state index contributed by atoms with van der Waals surface area (Å²) in [4.78, 5) is 93.4. The van der Waals surface area contributed by atoms with Crippen LogP contribution in [0, 0.1) is 0 Å². The van der Waals surface area contributed by atoms with Gasteiger partial charge in [0.15, 0.2) is 0 Å². The summed E-state index contributed by atoms with van der Waals surface area (Å²) in [6, 6.07) is -4.28. The molecule has 8 N–H and O–H groups in total. The molecular formula is C26H43N5O11. The van der Waals surface area contributed by atoms with Crippen LogP contribution in [0.1, 0.15) is 84.5 Å². The second-order valence-corrected chi connectivity index (χ2v) is 9.63. The van der Waals surface area contributed by atoms with Gasteiger partial charge in [-0.3, -0.25) is 24.0 Å². The SMILES string of the molecule is CCCCCNC(=O)CCCNC(=O)CC[C@H](NC(=O)CC[C@H](NC(=O)CC[C@H](NC(C)=O)C(=O)O)C(=O)O)C(=O)O. The predicted octanol–water partition coefficient (Wildman–Crippen LogP) is -0.742. The Labute approximate surface area is 243 Å². The van der Waals surface area contributed by atoms with E-state index in [-0.39, 0.29) is 44.6 Å². The van der Waals surface area contributed by atoms with Gasteiger partial charge in [0.05, 0.1) is 0 Å². The van der Waals surface area contributed by atoms with Crippen molar-refractivity contribution in [2.75, 3.05) is 13.1 Å². The molecule has 16 nitrogen and oxygen atoms in total. The minimum atomic E-state index is -1.51. The van der Waals surface area contributed by atoms with E-state index in [1.165, 1.54) is 0 Å². The number of carboxylic acid groups (broad SMARTS) is 3. The zero-order chi connectivity index (χ0) is 32.1. The fourth-order valence-corrected chi connectivity index (χ4v) is 3.63. The number of hydrogen-bond acceptors (Lipinski definition) is 8. The first-order valence-corrected chi connectivity index (χ1v) is 13.8. The van der Waals surface area contributed by atoms with Crippen molar-refractivity contribution in [1.82, 2.24) is 26.6 Å². The van der Waals surface area contributed by atoms with Crippen LogP contribution >= 0.6 is 0 Å². The molecule has 5 amide bonds. The van der Waals surface area contributed by atoms with E-state index in [0.717, 1.165) is 26.2 Å². The molecule has 0 saturated heterocycles. The van der Waals surface area contributed by atoms with Gasteiger partial charge in [-0.2, -0.15) is 0 Å². The fraction of sp³-hybridized carbons (Fsp3) is 0.692. The van der Waals surface area contributed by atoms with Gasteiger partial charge < -0.3 is 41.9 Å². The van der Waals surface area contributed by atoms with Crippen molar-refractivity contribution in [1.29, 1.82) is 0 Å². The first-order valence-electron chi connectivity index (χ1n) is 13.8. The molecule has 0 aliphatic carbocycles. The van der Waals surface area contributed by atoms with Gasteiger partial charge in [-0.1, -0.05) is 19.8 Å². The molecule has 0 aromatic rings. The highest BCUT2D eigenvalue weighted by molar-refractivity contribution is 5.87. The molecule has 0 rings (SSSR count). The highest BCUT2D eigenvalue weighted by Crippen LogP contribution is 2.05. The molecule has 42 heavy (non-hydrogen) atoms. The van der Waals surface area contributed by atoms with Crippen LogP contribution in [-0.2, 0) is 38.4 Å². The maximum atomic E-state index is 12.3. The smallest absolute Gasteiger partial charge is 0.326 e. The summed E-state index contributed by atoms with van der Waals surface area (Å²) in [5.41, 5.74) is 0. The van der Waals surface area contributed by atoms with E-state index >= 15 is 0 Å². The minimum Gasteiger partial charge on any atom is -0.480 e. The van der Waals surface area contributed by atoms with Crippen LogP contribution in [0.15, 0.2) is 0 Å². The molecule has 0 fully saturated rings. The lowest BCUT2D eigenvalue weighted by molar-refractivity contribution is -0.144. The summed E-state index contributed by atoms with van der Waals surface area (Å²) in [7, 11) is 0. The Bertz CT molecular complexity index is 957. The third-order valence-electron chi connectivity index (χ3n) is 5.93. The van der Waals surface area contributed by atoms with Crippen LogP contribution in [0.3, 0.4) is 0 Å².